The third-order valence-electron chi connectivity index (χ3n) is 3.97. The summed E-state index contributed by atoms with van der Waals surface area (Å²) in [6.45, 7) is 3.67. The lowest BCUT2D eigenvalue weighted by atomic mass is 9.92. The van der Waals surface area contributed by atoms with Crippen molar-refractivity contribution in [1.29, 1.82) is 0 Å². The lowest BCUT2D eigenvalue weighted by Crippen LogP contribution is -2.08. The molecule has 3 aromatic rings. The first-order valence-corrected chi connectivity index (χ1v) is 9.85. The SMILES string of the molecule is CCSc1ccc(NC(C)=O)c(-c2ccc(Cl)cc2)c1-c1ccccc1. The summed E-state index contributed by atoms with van der Waals surface area (Å²) in [7, 11) is 0. The van der Waals surface area contributed by atoms with E-state index in [0.717, 1.165) is 33.7 Å². The van der Waals surface area contributed by atoms with Gasteiger partial charge in [-0.1, -0.05) is 61.0 Å². The van der Waals surface area contributed by atoms with Gasteiger partial charge in [-0.3, -0.25) is 4.79 Å². The number of rotatable bonds is 5. The van der Waals surface area contributed by atoms with Crippen molar-refractivity contribution in [1.82, 2.24) is 0 Å². The van der Waals surface area contributed by atoms with Crippen molar-refractivity contribution >= 4 is 35.0 Å². The van der Waals surface area contributed by atoms with Crippen molar-refractivity contribution in [3.05, 3.63) is 71.8 Å². The third kappa shape index (κ3) is 4.12. The van der Waals surface area contributed by atoms with Crippen molar-refractivity contribution in [3.63, 3.8) is 0 Å². The molecule has 3 aromatic carbocycles. The summed E-state index contributed by atoms with van der Waals surface area (Å²) in [5.74, 6) is 0.884. The van der Waals surface area contributed by atoms with Crippen LogP contribution in [0.1, 0.15) is 13.8 Å². The van der Waals surface area contributed by atoms with Gasteiger partial charge in [0.15, 0.2) is 0 Å². The molecule has 132 valence electrons. The molecule has 0 aliphatic rings. The maximum absolute atomic E-state index is 11.8. The molecule has 0 aliphatic heterocycles. The Balaban J connectivity index is 2.32. The van der Waals surface area contributed by atoms with E-state index >= 15 is 0 Å². The van der Waals surface area contributed by atoms with Gasteiger partial charge in [-0.15, -0.1) is 11.8 Å². The van der Waals surface area contributed by atoms with E-state index in [1.54, 1.807) is 11.8 Å². The first-order chi connectivity index (χ1) is 12.6. The van der Waals surface area contributed by atoms with Crippen LogP contribution in [0.2, 0.25) is 5.02 Å². The molecule has 0 heterocycles. The standard InChI is InChI=1S/C22H20ClNOS/c1-3-26-20-14-13-19(24-15(2)25)21(17-9-11-18(23)12-10-17)22(20)16-7-5-4-6-8-16/h4-14H,3H2,1-2H3,(H,24,25). The maximum atomic E-state index is 11.8. The van der Waals surface area contributed by atoms with E-state index < -0.39 is 0 Å². The molecule has 3 rings (SSSR count). The van der Waals surface area contributed by atoms with Gasteiger partial charge in [-0.05, 0) is 41.1 Å². The zero-order valence-corrected chi connectivity index (χ0v) is 16.3. The second kappa shape index (κ2) is 8.43. The second-order valence-corrected chi connectivity index (χ2v) is 7.59. The Hall–Kier alpha value is -2.23. The Morgan fingerprint density at radius 3 is 2.19 bits per heavy atom. The molecule has 0 aromatic heterocycles. The summed E-state index contributed by atoms with van der Waals surface area (Å²) in [5.41, 5.74) is 5.10. The first kappa shape index (κ1) is 18.6. The van der Waals surface area contributed by atoms with Crippen LogP contribution in [0.4, 0.5) is 5.69 Å². The minimum absolute atomic E-state index is 0.0879. The van der Waals surface area contributed by atoms with Crippen LogP contribution in [0.5, 0.6) is 0 Å². The highest BCUT2D eigenvalue weighted by molar-refractivity contribution is 7.99. The van der Waals surface area contributed by atoms with Gasteiger partial charge in [0.1, 0.15) is 0 Å². The fourth-order valence-corrected chi connectivity index (χ4v) is 3.93. The molecule has 1 amide bonds. The molecule has 26 heavy (non-hydrogen) atoms. The molecule has 2 nitrogen and oxygen atoms in total. The number of nitrogens with one attached hydrogen (secondary N) is 1. The molecule has 0 spiro atoms. The lowest BCUT2D eigenvalue weighted by Gasteiger charge is -2.19. The van der Waals surface area contributed by atoms with Crippen LogP contribution < -0.4 is 5.32 Å². The van der Waals surface area contributed by atoms with Gasteiger partial charge < -0.3 is 5.32 Å². The number of thioether (sulfide) groups is 1. The van der Waals surface area contributed by atoms with Crippen LogP contribution in [0.15, 0.2) is 71.6 Å². The minimum Gasteiger partial charge on any atom is -0.326 e. The Kier molecular flexibility index (Phi) is 6.02. The highest BCUT2D eigenvalue weighted by atomic mass is 35.5. The van der Waals surface area contributed by atoms with Gasteiger partial charge in [0.2, 0.25) is 5.91 Å². The van der Waals surface area contributed by atoms with Crippen molar-refractivity contribution in [3.8, 4) is 22.3 Å². The summed E-state index contributed by atoms with van der Waals surface area (Å²) in [6.07, 6.45) is 0. The minimum atomic E-state index is -0.0879. The average molecular weight is 382 g/mol. The molecule has 0 unspecified atom stereocenters. The number of hydrogen-bond donors (Lipinski definition) is 1. The van der Waals surface area contributed by atoms with Crippen molar-refractivity contribution < 1.29 is 4.79 Å². The maximum Gasteiger partial charge on any atom is 0.221 e. The molecule has 0 radical (unpaired) electrons. The van der Waals surface area contributed by atoms with Gasteiger partial charge in [0.05, 0.1) is 0 Å². The normalized spacial score (nSPS) is 10.6. The van der Waals surface area contributed by atoms with Crippen LogP contribution >= 0.6 is 23.4 Å². The zero-order valence-electron chi connectivity index (χ0n) is 14.8. The smallest absolute Gasteiger partial charge is 0.221 e. The van der Waals surface area contributed by atoms with Gasteiger partial charge >= 0.3 is 0 Å². The van der Waals surface area contributed by atoms with Crippen LogP contribution in [0.3, 0.4) is 0 Å². The molecule has 0 aliphatic carbocycles. The van der Waals surface area contributed by atoms with E-state index in [4.69, 9.17) is 11.6 Å². The summed E-state index contributed by atoms with van der Waals surface area (Å²) >= 11 is 7.88. The number of amides is 1. The fourth-order valence-electron chi connectivity index (χ4n) is 2.96. The van der Waals surface area contributed by atoms with Crippen LogP contribution in [0.25, 0.3) is 22.3 Å². The molecular formula is C22H20ClNOS. The van der Waals surface area contributed by atoms with Crippen molar-refractivity contribution in [2.24, 2.45) is 0 Å². The number of halogens is 1. The Morgan fingerprint density at radius 1 is 0.923 bits per heavy atom. The third-order valence-corrected chi connectivity index (χ3v) is 5.16. The van der Waals surface area contributed by atoms with Crippen molar-refractivity contribution in [2.75, 3.05) is 11.1 Å². The quantitative estimate of drug-likeness (QED) is 0.495. The Morgan fingerprint density at radius 2 is 1.58 bits per heavy atom. The van der Waals surface area contributed by atoms with E-state index in [1.807, 2.05) is 48.5 Å². The largest absolute Gasteiger partial charge is 0.326 e. The average Bonchev–Trinajstić information content (AvgIpc) is 2.64. The number of benzene rings is 3. The predicted molar refractivity (Wildman–Crippen MR) is 113 cm³/mol. The van der Waals surface area contributed by atoms with Crippen LogP contribution in [-0.4, -0.2) is 11.7 Å². The van der Waals surface area contributed by atoms with Crippen LogP contribution in [0, 0.1) is 0 Å². The van der Waals surface area contributed by atoms with Gasteiger partial charge in [-0.25, -0.2) is 0 Å². The summed E-state index contributed by atoms with van der Waals surface area (Å²) in [4.78, 5) is 13.0. The van der Waals surface area contributed by atoms with E-state index in [9.17, 15) is 4.79 Å². The van der Waals surface area contributed by atoms with Gasteiger partial charge in [0.25, 0.3) is 0 Å². The van der Waals surface area contributed by atoms with Crippen LogP contribution in [-0.2, 0) is 4.79 Å². The van der Waals surface area contributed by atoms with E-state index in [1.165, 1.54) is 11.8 Å². The summed E-state index contributed by atoms with van der Waals surface area (Å²) < 4.78 is 0. The second-order valence-electron chi connectivity index (χ2n) is 5.85. The molecule has 0 saturated carbocycles. The van der Waals surface area contributed by atoms with Gasteiger partial charge in [0, 0.05) is 33.7 Å². The zero-order chi connectivity index (χ0) is 18.5. The highest BCUT2D eigenvalue weighted by Gasteiger charge is 2.17. The van der Waals surface area contributed by atoms with Gasteiger partial charge in [-0.2, -0.15) is 0 Å². The molecule has 1 N–H and O–H groups in total. The van der Waals surface area contributed by atoms with E-state index in [-0.39, 0.29) is 5.91 Å². The molecule has 0 saturated heterocycles. The molecular weight excluding hydrogens is 362 g/mol. The monoisotopic (exact) mass is 381 g/mol. The summed E-state index contributed by atoms with van der Waals surface area (Å²) in [5, 5.41) is 3.67. The Bertz CT molecular complexity index is 907. The fraction of sp³-hybridized carbons (Fsp3) is 0.136. The lowest BCUT2D eigenvalue weighted by molar-refractivity contribution is -0.114. The van der Waals surface area contributed by atoms with E-state index in [0.29, 0.717) is 5.02 Å². The number of carbonyl (C=O) groups is 1. The molecule has 0 fully saturated rings. The molecule has 4 heteroatoms. The number of anilines is 1. The highest BCUT2D eigenvalue weighted by Crippen LogP contribution is 2.44. The topological polar surface area (TPSA) is 29.1 Å². The van der Waals surface area contributed by atoms with Crippen molar-refractivity contribution in [2.45, 2.75) is 18.7 Å². The number of hydrogen-bond acceptors (Lipinski definition) is 2. The first-order valence-electron chi connectivity index (χ1n) is 8.49. The summed E-state index contributed by atoms with van der Waals surface area (Å²) in [6, 6.07) is 22.1. The number of carbonyl (C=O) groups excluding carboxylic acids is 1. The molecule has 0 bridgehead atoms. The van der Waals surface area contributed by atoms with E-state index in [2.05, 4.69) is 30.4 Å². The Labute approximate surface area is 163 Å². The predicted octanol–water partition coefficient (Wildman–Crippen LogP) is 6.74. The molecule has 0 atom stereocenters.